The van der Waals surface area contributed by atoms with Crippen molar-refractivity contribution in [1.82, 2.24) is 10.9 Å². The van der Waals surface area contributed by atoms with E-state index < -0.39 is 8.80 Å². The average Bonchev–Trinajstić information content (AvgIpc) is 2.56. The van der Waals surface area contributed by atoms with Gasteiger partial charge in [0, 0.05) is 33.9 Å². The molecule has 0 aliphatic carbocycles. The Hall–Kier alpha value is -1.02. The molecule has 1 aromatic carbocycles. The van der Waals surface area contributed by atoms with Crippen LogP contribution in [0, 0.1) is 0 Å². The monoisotopic (exact) mass is 310 g/mol. The van der Waals surface area contributed by atoms with Gasteiger partial charge in [0.15, 0.2) is 0 Å². The summed E-state index contributed by atoms with van der Waals surface area (Å²) in [6.45, 7) is 4.65. The van der Waals surface area contributed by atoms with Crippen molar-refractivity contribution >= 4 is 8.80 Å². The van der Waals surface area contributed by atoms with Crippen molar-refractivity contribution in [2.75, 3.05) is 27.9 Å². The van der Waals surface area contributed by atoms with Crippen LogP contribution < -0.4 is 10.9 Å². The molecule has 1 rings (SSSR count). The summed E-state index contributed by atoms with van der Waals surface area (Å²) in [4.78, 5) is 0. The Morgan fingerprint density at radius 3 is 2.29 bits per heavy atom. The highest BCUT2D eigenvalue weighted by atomic mass is 28.4. The van der Waals surface area contributed by atoms with Crippen molar-refractivity contribution in [1.29, 1.82) is 0 Å². The Bertz CT molecular complexity index is 391. The third-order valence-corrected chi connectivity index (χ3v) is 6.20. The maximum absolute atomic E-state index is 5.38. The smallest absolute Gasteiger partial charge is 0.377 e. The van der Waals surface area contributed by atoms with Crippen molar-refractivity contribution < 1.29 is 13.3 Å². The molecule has 0 saturated carbocycles. The van der Waals surface area contributed by atoms with E-state index in [1.54, 1.807) is 21.3 Å². The zero-order chi connectivity index (χ0) is 15.6. The molecule has 0 amide bonds. The first-order chi connectivity index (χ1) is 10.2. The molecule has 0 aliphatic heterocycles. The number of hydrogen-bond donors (Lipinski definition) is 2. The second-order valence-electron chi connectivity index (χ2n) is 4.59. The molecule has 0 radical (unpaired) electrons. The highest BCUT2D eigenvalue weighted by molar-refractivity contribution is 6.60. The summed E-state index contributed by atoms with van der Waals surface area (Å²) in [6.07, 6.45) is 2.77. The molecular formula is C15H26N2O3Si. The van der Waals surface area contributed by atoms with Crippen LogP contribution in [0.25, 0.3) is 0 Å². The zero-order valence-electron chi connectivity index (χ0n) is 13.1. The quantitative estimate of drug-likeness (QED) is 0.284. The van der Waals surface area contributed by atoms with E-state index in [9.17, 15) is 0 Å². The van der Waals surface area contributed by atoms with Gasteiger partial charge >= 0.3 is 8.80 Å². The first-order valence-corrected chi connectivity index (χ1v) is 8.96. The summed E-state index contributed by atoms with van der Waals surface area (Å²) in [5.41, 5.74) is 7.64. The van der Waals surface area contributed by atoms with Crippen LogP contribution in [0.4, 0.5) is 0 Å². The van der Waals surface area contributed by atoms with Crippen LogP contribution in [0.5, 0.6) is 0 Å². The maximum atomic E-state index is 5.38. The molecular weight excluding hydrogens is 284 g/mol. The first-order valence-electron chi connectivity index (χ1n) is 7.02. The lowest BCUT2D eigenvalue weighted by Crippen LogP contribution is -2.43. The minimum absolute atomic E-state index is 0.0838. The van der Waals surface area contributed by atoms with Crippen molar-refractivity contribution in [2.24, 2.45) is 0 Å². The number of benzene rings is 1. The van der Waals surface area contributed by atoms with E-state index in [0.29, 0.717) is 0 Å². The molecule has 0 aromatic heterocycles. The third-order valence-electron chi connectivity index (χ3n) is 3.37. The fraction of sp³-hybridized carbons (Fsp3) is 0.467. The van der Waals surface area contributed by atoms with Gasteiger partial charge in [-0.1, -0.05) is 36.4 Å². The van der Waals surface area contributed by atoms with Gasteiger partial charge in [-0.2, -0.15) is 0 Å². The number of hydrazine groups is 1. The highest BCUT2D eigenvalue weighted by Gasteiger charge is 2.36. The molecule has 118 valence electrons. The Balaban J connectivity index is 2.31. The lowest BCUT2D eigenvalue weighted by atomic mass is 10.1. The predicted octanol–water partition coefficient (Wildman–Crippen LogP) is 2.28. The first kappa shape index (κ1) is 18.0. The molecule has 0 spiro atoms. The standard InChI is InChI=1S/C15H26N2O3Si/c1-5-15(14-10-7-6-8-11-14)17-16-12-9-13-21(18-2,19-3)20-4/h5-8,10-11,15-17H,1,9,12-13H2,2-4H3. The van der Waals surface area contributed by atoms with E-state index in [-0.39, 0.29) is 6.04 Å². The van der Waals surface area contributed by atoms with Gasteiger partial charge in [0.05, 0.1) is 6.04 Å². The van der Waals surface area contributed by atoms with E-state index >= 15 is 0 Å². The largest absolute Gasteiger partial charge is 0.500 e. The van der Waals surface area contributed by atoms with Crippen molar-refractivity contribution in [3.8, 4) is 0 Å². The molecule has 21 heavy (non-hydrogen) atoms. The summed E-state index contributed by atoms with van der Waals surface area (Å²) in [5.74, 6) is 0. The predicted molar refractivity (Wildman–Crippen MR) is 86.7 cm³/mol. The Labute approximate surface area is 128 Å². The SMILES string of the molecule is C=CC(NNCCC[Si](OC)(OC)OC)c1ccccc1. The Morgan fingerprint density at radius 2 is 1.76 bits per heavy atom. The molecule has 1 aromatic rings. The minimum atomic E-state index is -2.45. The number of hydrogen-bond acceptors (Lipinski definition) is 5. The van der Waals surface area contributed by atoms with Gasteiger partial charge in [-0.15, -0.1) is 6.58 Å². The molecule has 6 heteroatoms. The van der Waals surface area contributed by atoms with Crippen LogP contribution in [0.1, 0.15) is 18.0 Å². The normalized spacial score (nSPS) is 13.1. The molecule has 0 saturated heterocycles. The van der Waals surface area contributed by atoms with Gasteiger partial charge in [-0.05, 0) is 12.0 Å². The summed E-state index contributed by atoms with van der Waals surface area (Å²) in [5, 5.41) is 0. The highest BCUT2D eigenvalue weighted by Crippen LogP contribution is 2.15. The van der Waals surface area contributed by atoms with Crippen LogP contribution in [-0.2, 0) is 13.3 Å². The van der Waals surface area contributed by atoms with Gasteiger partial charge < -0.3 is 13.3 Å². The number of rotatable bonds is 11. The van der Waals surface area contributed by atoms with E-state index in [0.717, 1.165) is 19.0 Å². The Kier molecular flexibility index (Phi) is 8.44. The third kappa shape index (κ3) is 5.70. The fourth-order valence-corrected chi connectivity index (χ4v) is 3.79. The second-order valence-corrected chi connectivity index (χ2v) is 7.68. The van der Waals surface area contributed by atoms with Crippen LogP contribution in [0.3, 0.4) is 0 Å². The van der Waals surface area contributed by atoms with Gasteiger partial charge in [0.2, 0.25) is 0 Å². The van der Waals surface area contributed by atoms with E-state index in [1.807, 2.05) is 24.3 Å². The maximum Gasteiger partial charge on any atom is 0.500 e. The molecule has 2 N–H and O–H groups in total. The summed E-state index contributed by atoms with van der Waals surface area (Å²) < 4.78 is 16.2. The minimum Gasteiger partial charge on any atom is -0.377 e. The van der Waals surface area contributed by atoms with Gasteiger partial charge in [0.1, 0.15) is 0 Å². The summed E-state index contributed by atoms with van der Waals surface area (Å²) in [7, 11) is 2.44. The van der Waals surface area contributed by atoms with Gasteiger partial charge in [0.25, 0.3) is 0 Å². The van der Waals surface area contributed by atoms with Gasteiger partial charge in [-0.25, -0.2) is 5.43 Å². The molecule has 1 atom stereocenters. The molecule has 5 nitrogen and oxygen atoms in total. The Morgan fingerprint density at radius 1 is 1.14 bits per heavy atom. The summed E-state index contributed by atoms with van der Waals surface area (Å²) >= 11 is 0. The van der Waals surface area contributed by atoms with E-state index in [4.69, 9.17) is 13.3 Å². The molecule has 0 aliphatic rings. The average molecular weight is 310 g/mol. The van der Waals surface area contributed by atoms with E-state index in [2.05, 4.69) is 29.6 Å². The second kappa shape index (κ2) is 9.83. The van der Waals surface area contributed by atoms with Crippen molar-refractivity contribution in [3.63, 3.8) is 0 Å². The fourth-order valence-electron chi connectivity index (χ4n) is 2.07. The lowest BCUT2D eigenvalue weighted by molar-refractivity contribution is 0.123. The molecule has 0 fully saturated rings. The zero-order valence-corrected chi connectivity index (χ0v) is 14.1. The van der Waals surface area contributed by atoms with E-state index in [1.165, 1.54) is 5.56 Å². The molecule has 1 unspecified atom stereocenters. The van der Waals surface area contributed by atoms with Crippen LogP contribution in [0.2, 0.25) is 6.04 Å². The topological polar surface area (TPSA) is 51.8 Å². The summed E-state index contributed by atoms with van der Waals surface area (Å²) in [6, 6.07) is 11.0. The van der Waals surface area contributed by atoms with Crippen LogP contribution >= 0.6 is 0 Å². The van der Waals surface area contributed by atoms with Crippen LogP contribution in [0.15, 0.2) is 43.0 Å². The van der Waals surface area contributed by atoms with Gasteiger partial charge in [-0.3, -0.25) is 5.43 Å². The van der Waals surface area contributed by atoms with Crippen LogP contribution in [-0.4, -0.2) is 36.7 Å². The molecule has 0 heterocycles. The number of nitrogens with one attached hydrogen (secondary N) is 2. The van der Waals surface area contributed by atoms with Crippen molar-refractivity contribution in [2.45, 2.75) is 18.5 Å². The lowest BCUT2D eigenvalue weighted by Gasteiger charge is -2.24. The van der Waals surface area contributed by atoms with Crippen molar-refractivity contribution in [3.05, 3.63) is 48.6 Å². The molecule has 0 bridgehead atoms.